The van der Waals surface area contributed by atoms with Crippen molar-refractivity contribution in [3.63, 3.8) is 0 Å². The Hall–Kier alpha value is -3.52. The second kappa shape index (κ2) is 10.8. The topological polar surface area (TPSA) is 99.5 Å². The molecule has 188 valence electrons. The normalized spacial score (nSPS) is 17.5. The number of likely N-dealkylation sites (tertiary alicyclic amines) is 1. The Morgan fingerprint density at radius 2 is 1.83 bits per heavy atom. The number of Topliss-reactive ketones (excluding diaryl/α,β-unsaturated/α-hetero) is 1. The highest BCUT2D eigenvalue weighted by molar-refractivity contribution is 6.46. The first kappa shape index (κ1) is 26.1. The number of ether oxygens (including phenoxy) is 2. The quantitative estimate of drug-likeness (QED) is 0.318. The lowest BCUT2D eigenvalue weighted by Gasteiger charge is -2.27. The average molecular weight is 483 g/mol. The van der Waals surface area contributed by atoms with E-state index >= 15 is 0 Å². The molecule has 35 heavy (non-hydrogen) atoms. The van der Waals surface area contributed by atoms with E-state index in [1.807, 2.05) is 39.8 Å². The van der Waals surface area contributed by atoms with Crippen LogP contribution in [0.15, 0.2) is 42.0 Å². The van der Waals surface area contributed by atoms with Crippen molar-refractivity contribution in [1.82, 2.24) is 9.80 Å². The second-order valence-electron chi connectivity index (χ2n) is 9.10. The highest BCUT2D eigenvalue weighted by Crippen LogP contribution is 2.42. The predicted molar refractivity (Wildman–Crippen MR) is 134 cm³/mol. The number of aliphatic hydroxyl groups is 1. The largest absolute Gasteiger partial charge is 0.507 e. The van der Waals surface area contributed by atoms with Gasteiger partial charge in [-0.05, 0) is 83.2 Å². The number of hydrogen-bond donors (Lipinski definition) is 2. The van der Waals surface area contributed by atoms with Crippen molar-refractivity contribution >= 4 is 17.4 Å². The van der Waals surface area contributed by atoms with Crippen LogP contribution in [0.5, 0.6) is 17.2 Å². The zero-order valence-electron chi connectivity index (χ0n) is 21.2. The lowest BCUT2D eigenvalue weighted by molar-refractivity contribution is -0.140. The van der Waals surface area contributed by atoms with Crippen LogP contribution in [-0.2, 0) is 9.59 Å². The van der Waals surface area contributed by atoms with Gasteiger partial charge >= 0.3 is 0 Å². The summed E-state index contributed by atoms with van der Waals surface area (Å²) in [5.74, 6) is -0.810. The smallest absolute Gasteiger partial charge is 0.295 e. The number of rotatable bonds is 9. The Kier molecular flexibility index (Phi) is 8.07. The molecular weight excluding hydrogens is 448 g/mol. The number of aliphatic hydroxyl groups excluding tert-OH is 1. The summed E-state index contributed by atoms with van der Waals surface area (Å²) in [4.78, 5) is 29.7. The molecule has 1 aliphatic heterocycles. The molecule has 0 aliphatic carbocycles. The molecule has 0 saturated carbocycles. The minimum atomic E-state index is -0.832. The molecule has 0 radical (unpaired) electrons. The minimum absolute atomic E-state index is 0.00109. The van der Waals surface area contributed by atoms with E-state index < -0.39 is 17.7 Å². The fourth-order valence-corrected chi connectivity index (χ4v) is 4.08. The van der Waals surface area contributed by atoms with E-state index in [0.717, 1.165) is 5.56 Å². The molecule has 2 aromatic rings. The van der Waals surface area contributed by atoms with Crippen LogP contribution in [0.2, 0.25) is 0 Å². The van der Waals surface area contributed by atoms with Gasteiger partial charge in [0.2, 0.25) is 0 Å². The van der Waals surface area contributed by atoms with Crippen molar-refractivity contribution in [2.45, 2.75) is 39.8 Å². The number of carbonyl (C=O) groups is 2. The molecule has 8 heteroatoms. The van der Waals surface area contributed by atoms with Crippen LogP contribution < -0.4 is 9.47 Å². The van der Waals surface area contributed by atoms with Crippen molar-refractivity contribution in [3.05, 3.63) is 58.7 Å². The number of likely N-dealkylation sites (N-methyl/N-ethyl adjacent to an activating group) is 1. The Balaban J connectivity index is 2.15. The summed E-state index contributed by atoms with van der Waals surface area (Å²) in [6.45, 7) is 8.65. The Bertz CT molecular complexity index is 1140. The summed E-state index contributed by atoms with van der Waals surface area (Å²) in [5, 5.41) is 21.5. The van der Waals surface area contributed by atoms with E-state index in [2.05, 4.69) is 0 Å². The van der Waals surface area contributed by atoms with E-state index in [9.17, 15) is 19.8 Å². The number of phenols is 1. The highest BCUT2D eigenvalue weighted by atomic mass is 16.5. The number of nitrogens with zero attached hydrogens (tertiary/aromatic N) is 2. The third kappa shape index (κ3) is 5.59. The monoisotopic (exact) mass is 482 g/mol. The van der Waals surface area contributed by atoms with Crippen molar-refractivity contribution in [2.24, 2.45) is 0 Å². The van der Waals surface area contributed by atoms with Crippen LogP contribution in [0.4, 0.5) is 0 Å². The summed E-state index contributed by atoms with van der Waals surface area (Å²) in [6.07, 6.45) is -0.01000. The maximum Gasteiger partial charge on any atom is 0.295 e. The van der Waals surface area contributed by atoms with Gasteiger partial charge in [0, 0.05) is 18.7 Å². The van der Waals surface area contributed by atoms with Crippen LogP contribution in [0, 0.1) is 6.92 Å². The maximum atomic E-state index is 13.2. The van der Waals surface area contributed by atoms with E-state index in [1.165, 1.54) is 11.0 Å². The first-order valence-corrected chi connectivity index (χ1v) is 11.7. The van der Waals surface area contributed by atoms with E-state index in [0.29, 0.717) is 30.0 Å². The third-order valence-corrected chi connectivity index (χ3v) is 5.74. The molecule has 0 spiro atoms. The van der Waals surface area contributed by atoms with Crippen molar-refractivity contribution < 1.29 is 29.3 Å². The van der Waals surface area contributed by atoms with Gasteiger partial charge in [0.05, 0.1) is 24.3 Å². The molecular formula is C27H34N2O6. The molecule has 1 aliphatic rings. The SMILES string of the molecule is CCOc1cc(C2/C(=C(/O)c3ccc(OC(C)C)c(C)c3)C(=O)C(=O)N2CCN(C)C)ccc1O. The first-order valence-electron chi connectivity index (χ1n) is 11.7. The summed E-state index contributed by atoms with van der Waals surface area (Å²) in [7, 11) is 3.76. The standard InChI is InChI=1S/C27H34N2O6/c1-7-34-22-15-18(8-10-20(22)30)24-23(26(32)27(33)29(24)13-12-28(5)6)25(31)19-9-11-21(17(4)14-19)35-16(2)3/h8-11,14-16,24,30-31H,7,12-13H2,1-6H3/b25-23-. The number of carbonyl (C=O) groups excluding carboxylic acids is 2. The fourth-order valence-electron chi connectivity index (χ4n) is 4.08. The van der Waals surface area contributed by atoms with E-state index in [1.54, 1.807) is 37.3 Å². The molecule has 1 saturated heterocycles. The van der Waals surface area contributed by atoms with Gasteiger partial charge in [0.15, 0.2) is 11.5 Å². The predicted octanol–water partition coefficient (Wildman–Crippen LogP) is 3.87. The van der Waals surface area contributed by atoms with Crippen molar-refractivity contribution in [1.29, 1.82) is 0 Å². The van der Waals surface area contributed by atoms with Crippen molar-refractivity contribution in [3.8, 4) is 17.2 Å². The molecule has 1 amide bonds. The van der Waals surface area contributed by atoms with E-state index in [-0.39, 0.29) is 35.5 Å². The number of ketones is 1. The third-order valence-electron chi connectivity index (χ3n) is 5.74. The Labute approximate surface area is 206 Å². The zero-order chi connectivity index (χ0) is 25.9. The van der Waals surface area contributed by atoms with Crippen LogP contribution in [0.25, 0.3) is 5.76 Å². The van der Waals surface area contributed by atoms with Gasteiger partial charge in [0.1, 0.15) is 11.5 Å². The van der Waals surface area contributed by atoms with Gasteiger partial charge in [-0.3, -0.25) is 9.59 Å². The number of phenolic OH excluding ortho intramolecular Hbond substituents is 1. The molecule has 1 heterocycles. The van der Waals surface area contributed by atoms with Gasteiger partial charge in [0.25, 0.3) is 11.7 Å². The summed E-state index contributed by atoms with van der Waals surface area (Å²) >= 11 is 0. The summed E-state index contributed by atoms with van der Waals surface area (Å²) < 4.78 is 11.3. The van der Waals surface area contributed by atoms with Crippen LogP contribution >= 0.6 is 0 Å². The van der Waals surface area contributed by atoms with E-state index in [4.69, 9.17) is 9.47 Å². The lowest BCUT2D eigenvalue weighted by Crippen LogP contribution is -2.35. The molecule has 1 unspecified atom stereocenters. The summed E-state index contributed by atoms with van der Waals surface area (Å²) in [5.41, 5.74) is 1.77. The lowest BCUT2D eigenvalue weighted by atomic mass is 9.94. The summed E-state index contributed by atoms with van der Waals surface area (Å²) in [6, 6.07) is 9.03. The van der Waals surface area contributed by atoms with Gasteiger partial charge < -0.3 is 29.5 Å². The van der Waals surface area contributed by atoms with Gasteiger partial charge in [-0.1, -0.05) is 6.07 Å². The average Bonchev–Trinajstić information content (AvgIpc) is 3.04. The Morgan fingerprint density at radius 3 is 2.43 bits per heavy atom. The number of benzene rings is 2. The van der Waals surface area contributed by atoms with Crippen LogP contribution in [-0.4, -0.2) is 71.6 Å². The highest BCUT2D eigenvalue weighted by Gasteiger charge is 2.46. The Morgan fingerprint density at radius 1 is 1.11 bits per heavy atom. The van der Waals surface area contributed by atoms with Gasteiger partial charge in [-0.25, -0.2) is 0 Å². The maximum absolute atomic E-state index is 13.2. The fraction of sp³-hybridized carbons (Fsp3) is 0.407. The number of amides is 1. The number of aromatic hydroxyl groups is 1. The molecule has 0 bridgehead atoms. The molecule has 2 aromatic carbocycles. The first-order chi connectivity index (χ1) is 16.5. The zero-order valence-corrected chi connectivity index (χ0v) is 21.2. The molecule has 8 nitrogen and oxygen atoms in total. The molecule has 2 N–H and O–H groups in total. The van der Waals surface area contributed by atoms with Crippen LogP contribution in [0.3, 0.4) is 0 Å². The molecule has 3 rings (SSSR count). The number of hydrogen-bond acceptors (Lipinski definition) is 7. The number of aryl methyl sites for hydroxylation is 1. The van der Waals surface area contributed by atoms with Crippen LogP contribution in [0.1, 0.15) is 43.5 Å². The molecule has 0 aromatic heterocycles. The van der Waals surface area contributed by atoms with Gasteiger partial charge in [-0.2, -0.15) is 0 Å². The van der Waals surface area contributed by atoms with Crippen molar-refractivity contribution in [2.75, 3.05) is 33.8 Å². The second-order valence-corrected chi connectivity index (χ2v) is 9.10. The molecule has 1 atom stereocenters. The minimum Gasteiger partial charge on any atom is -0.507 e. The van der Waals surface area contributed by atoms with Gasteiger partial charge in [-0.15, -0.1) is 0 Å². The molecule has 1 fully saturated rings.